The van der Waals surface area contributed by atoms with Crippen LogP contribution in [0.2, 0.25) is 10.0 Å². The van der Waals surface area contributed by atoms with Crippen molar-refractivity contribution >= 4 is 29.2 Å². The van der Waals surface area contributed by atoms with Gasteiger partial charge in [0.1, 0.15) is 5.75 Å². The van der Waals surface area contributed by atoms with Gasteiger partial charge < -0.3 is 9.84 Å². The largest absolute Gasteiger partial charge is 0.573 e. The minimum atomic E-state index is -4.86. The Kier molecular flexibility index (Phi) is 4.11. The fourth-order valence-corrected chi connectivity index (χ4v) is 1.69. The smallest absolute Gasteiger partial charge is 0.481 e. The molecule has 1 aromatic carbocycles. The molecule has 1 aromatic rings. The van der Waals surface area contributed by atoms with Gasteiger partial charge in [0.2, 0.25) is 0 Å². The lowest BCUT2D eigenvalue weighted by atomic mass is 10.1. The predicted octanol–water partition coefficient (Wildman–Crippen LogP) is 3.52. The Morgan fingerprint density at radius 2 is 1.76 bits per heavy atom. The van der Waals surface area contributed by atoms with E-state index in [2.05, 4.69) is 4.74 Å². The molecule has 8 heteroatoms. The maximum atomic E-state index is 11.9. The number of hydrogen-bond donors (Lipinski definition) is 1. The zero-order valence-electron chi connectivity index (χ0n) is 8.02. The van der Waals surface area contributed by atoms with Crippen LogP contribution >= 0.6 is 23.2 Å². The van der Waals surface area contributed by atoms with Gasteiger partial charge >= 0.3 is 12.3 Å². The molecule has 0 spiro atoms. The molecule has 0 amide bonds. The molecular formula is C9H5Cl2F3O3. The lowest BCUT2D eigenvalue weighted by Gasteiger charge is -2.11. The second kappa shape index (κ2) is 5.01. The third-order valence-corrected chi connectivity index (χ3v) is 2.35. The highest BCUT2D eigenvalue weighted by molar-refractivity contribution is 6.36. The van der Waals surface area contributed by atoms with Gasteiger partial charge in [0.05, 0.1) is 6.42 Å². The summed E-state index contributed by atoms with van der Waals surface area (Å²) in [6.07, 6.45) is -5.34. The molecule has 0 fully saturated rings. The first-order chi connectivity index (χ1) is 7.69. The minimum absolute atomic E-state index is 0.0374. The van der Waals surface area contributed by atoms with E-state index < -0.39 is 24.5 Å². The molecule has 17 heavy (non-hydrogen) atoms. The number of hydrogen-bond acceptors (Lipinski definition) is 2. The van der Waals surface area contributed by atoms with E-state index in [1.165, 1.54) is 0 Å². The molecule has 0 saturated heterocycles. The lowest BCUT2D eigenvalue weighted by molar-refractivity contribution is -0.274. The second-order valence-electron chi connectivity index (χ2n) is 2.98. The number of halogens is 5. The molecule has 0 aliphatic rings. The molecule has 0 aliphatic carbocycles. The van der Waals surface area contributed by atoms with Crippen LogP contribution in [0.1, 0.15) is 5.56 Å². The van der Waals surface area contributed by atoms with Crippen molar-refractivity contribution < 1.29 is 27.8 Å². The standard InChI is InChI=1S/C9H5Cl2F3O3/c10-6-1-4(17-9(12,13)14)2-7(11)5(6)3-8(15)16/h1-2H,3H2,(H,15,16). The summed E-state index contributed by atoms with van der Waals surface area (Å²) < 4.78 is 39.3. The highest BCUT2D eigenvalue weighted by atomic mass is 35.5. The summed E-state index contributed by atoms with van der Waals surface area (Å²) in [6.45, 7) is 0. The van der Waals surface area contributed by atoms with Crippen molar-refractivity contribution in [2.75, 3.05) is 0 Å². The van der Waals surface area contributed by atoms with Gasteiger partial charge in [-0.15, -0.1) is 13.2 Å². The number of carboxylic acid groups (broad SMARTS) is 1. The molecule has 0 aromatic heterocycles. The van der Waals surface area contributed by atoms with E-state index in [9.17, 15) is 18.0 Å². The predicted molar refractivity (Wildman–Crippen MR) is 54.5 cm³/mol. The summed E-state index contributed by atoms with van der Waals surface area (Å²) >= 11 is 11.2. The Hall–Kier alpha value is -1.14. The van der Waals surface area contributed by atoms with Gasteiger partial charge in [-0.1, -0.05) is 23.2 Å². The fraction of sp³-hybridized carbons (Fsp3) is 0.222. The van der Waals surface area contributed by atoms with Crippen molar-refractivity contribution in [3.8, 4) is 5.75 Å². The SMILES string of the molecule is O=C(O)Cc1c(Cl)cc(OC(F)(F)F)cc1Cl. The monoisotopic (exact) mass is 288 g/mol. The molecular weight excluding hydrogens is 284 g/mol. The third-order valence-electron chi connectivity index (χ3n) is 1.68. The summed E-state index contributed by atoms with van der Waals surface area (Å²) in [5, 5.41) is 8.15. The second-order valence-corrected chi connectivity index (χ2v) is 3.80. The van der Waals surface area contributed by atoms with Crippen molar-refractivity contribution in [1.29, 1.82) is 0 Å². The van der Waals surface area contributed by atoms with Gasteiger partial charge in [0.15, 0.2) is 0 Å². The zero-order valence-corrected chi connectivity index (χ0v) is 9.53. The van der Waals surface area contributed by atoms with E-state index in [-0.39, 0.29) is 15.6 Å². The summed E-state index contributed by atoms with van der Waals surface area (Å²) in [7, 11) is 0. The van der Waals surface area contributed by atoms with E-state index >= 15 is 0 Å². The quantitative estimate of drug-likeness (QED) is 0.926. The van der Waals surface area contributed by atoms with E-state index in [1.54, 1.807) is 0 Å². The average molecular weight is 289 g/mol. The lowest BCUT2D eigenvalue weighted by Crippen LogP contribution is -2.17. The first-order valence-corrected chi connectivity index (χ1v) is 4.90. The number of alkyl halides is 3. The summed E-state index contributed by atoms with van der Waals surface area (Å²) in [5.74, 6) is -1.79. The molecule has 0 heterocycles. The van der Waals surface area contributed by atoms with Crippen LogP contribution in [-0.4, -0.2) is 17.4 Å². The Bertz CT molecular complexity index is 423. The number of benzene rings is 1. The molecule has 0 aliphatic heterocycles. The topological polar surface area (TPSA) is 46.5 Å². The van der Waals surface area contributed by atoms with Crippen molar-refractivity contribution in [2.24, 2.45) is 0 Å². The zero-order chi connectivity index (χ0) is 13.2. The van der Waals surface area contributed by atoms with Crippen LogP contribution in [0.25, 0.3) is 0 Å². The Morgan fingerprint density at radius 1 is 1.29 bits per heavy atom. The maximum Gasteiger partial charge on any atom is 0.573 e. The average Bonchev–Trinajstić information content (AvgIpc) is 2.08. The molecule has 0 unspecified atom stereocenters. The van der Waals surface area contributed by atoms with Crippen molar-refractivity contribution in [3.05, 3.63) is 27.7 Å². The van der Waals surface area contributed by atoms with E-state index in [4.69, 9.17) is 28.3 Å². The fourth-order valence-electron chi connectivity index (χ4n) is 1.09. The van der Waals surface area contributed by atoms with Crippen LogP contribution in [0.3, 0.4) is 0 Å². The van der Waals surface area contributed by atoms with E-state index in [0.29, 0.717) is 0 Å². The van der Waals surface area contributed by atoms with E-state index in [0.717, 1.165) is 12.1 Å². The first-order valence-electron chi connectivity index (χ1n) is 4.14. The first kappa shape index (κ1) is 13.9. The van der Waals surface area contributed by atoms with Gasteiger partial charge in [-0.2, -0.15) is 0 Å². The number of carbonyl (C=O) groups is 1. The summed E-state index contributed by atoms with van der Waals surface area (Å²) in [6, 6.07) is 1.72. The highest BCUT2D eigenvalue weighted by Crippen LogP contribution is 2.33. The number of ether oxygens (including phenoxy) is 1. The van der Waals surface area contributed by atoms with Gasteiger partial charge in [-0.05, 0) is 12.1 Å². The van der Waals surface area contributed by atoms with Crippen LogP contribution in [0.15, 0.2) is 12.1 Å². The Morgan fingerprint density at radius 3 is 2.12 bits per heavy atom. The van der Waals surface area contributed by atoms with Crippen molar-refractivity contribution in [2.45, 2.75) is 12.8 Å². The van der Waals surface area contributed by atoms with Gasteiger partial charge in [-0.3, -0.25) is 4.79 Å². The summed E-state index contributed by atoms with van der Waals surface area (Å²) in [5.41, 5.74) is 0.0374. The van der Waals surface area contributed by atoms with Crippen LogP contribution in [-0.2, 0) is 11.2 Å². The third kappa shape index (κ3) is 4.32. The Balaban J connectivity index is 3.05. The molecule has 0 atom stereocenters. The van der Waals surface area contributed by atoms with Gasteiger partial charge in [-0.25, -0.2) is 0 Å². The molecule has 1 N–H and O–H groups in total. The van der Waals surface area contributed by atoms with Gasteiger partial charge in [0, 0.05) is 15.6 Å². The molecule has 0 saturated carbocycles. The summed E-state index contributed by atoms with van der Waals surface area (Å²) in [4.78, 5) is 10.5. The molecule has 0 bridgehead atoms. The normalized spacial score (nSPS) is 11.4. The highest BCUT2D eigenvalue weighted by Gasteiger charge is 2.31. The Labute approximate surface area is 104 Å². The molecule has 94 valence electrons. The molecule has 1 rings (SSSR count). The molecule has 0 radical (unpaired) electrons. The minimum Gasteiger partial charge on any atom is -0.481 e. The van der Waals surface area contributed by atoms with Gasteiger partial charge in [0.25, 0.3) is 0 Å². The number of carboxylic acids is 1. The van der Waals surface area contributed by atoms with Crippen LogP contribution in [0, 0.1) is 0 Å². The van der Waals surface area contributed by atoms with Crippen LogP contribution < -0.4 is 4.74 Å². The van der Waals surface area contributed by atoms with Crippen LogP contribution in [0.4, 0.5) is 13.2 Å². The van der Waals surface area contributed by atoms with Crippen LogP contribution in [0.5, 0.6) is 5.75 Å². The number of rotatable bonds is 3. The van der Waals surface area contributed by atoms with Crippen molar-refractivity contribution in [1.82, 2.24) is 0 Å². The maximum absolute atomic E-state index is 11.9. The molecule has 3 nitrogen and oxygen atoms in total. The number of aliphatic carboxylic acids is 1. The van der Waals surface area contributed by atoms with E-state index in [1.807, 2.05) is 0 Å². The van der Waals surface area contributed by atoms with Crippen molar-refractivity contribution in [3.63, 3.8) is 0 Å².